The fourth-order valence-corrected chi connectivity index (χ4v) is 2.13. The van der Waals surface area contributed by atoms with Gasteiger partial charge in [0.15, 0.2) is 0 Å². The van der Waals surface area contributed by atoms with Gasteiger partial charge >= 0.3 is 18.2 Å². The molecule has 1 unspecified atom stereocenters. The van der Waals surface area contributed by atoms with Crippen LogP contribution in [0.5, 0.6) is 0 Å². The molecule has 0 fully saturated rings. The van der Waals surface area contributed by atoms with Crippen LogP contribution in [0.4, 0.5) is 18.0 Å². The Balaban J connectivity index is 3.14. The second kappa shape index (κ2) is 6.18. The molecule has 0 aromatic carbocycles. The molecule has 0 aromatic heterocycles. The van der Waals surface area contributed by atoms with E-state index >= 15 is 0 Å². The Bertz CT molecular complexity index is 491. The summed E-state index contributed by atoms with van der Waals surface area (Å²) in [5.74, 6) is -0.772. The number of hydrogen-bond donors (Lipinski definition) is 0. The van der Waals surface area contributed by atoms with Crippen molar-refractivity contribution in [2.75, 3.05) is 13.7 Å². The van der Waals surface area contributed by atoms with Crippen molar-refractivity contribution in [3.05, 3.63) is 11.1 Å². The van der Waals surface area contributed by atoms with Crippen molar-refractivity contribution in [2.45, 2.75) is 51.9 Å². The average Bonchev–Trinajstić information content (AvgIpc) is 2.33. The van der Waals surface area contributed by atoms with Crippen LogP contribution in [0.2, 0.25) is 0 Å². The zero-order chi connectivity index (χ0) is 17.3. The van der Waals surface area contributed by atoms with E-state index in [1.54, 1.807) is 20.8 Å². The largest absolute Gasteiger partial charge is 0.467 e. The molecule has 5 nitrogen and oxygen atoms in total. The van der Waals surface area contributed by atoms with Crippen molar-refractivity contribution in [3.8, 4) is 0 Å². The van der Waals surface area contributed by atoms with Gasteiger partial charge in [0, 0.05) is 6.42 Å². The molecule has 0 saturated carbocycles. The molecular weight excluding hydrogens is 303 g/mol. The van der Waals surface area contributed by atoms with Crippen molar-refractivity contribution in [2.24, 2.45) is 0 Å². The third-order valence-electron chi connectivity index (χ3n) is 3.16. The predicted octanol–water partition coefficient (Wildman–Crippen LogP) is 3.05. The molecule has 0 radical (unpaired) electrons. The number of ether oxygens (including phenoxy) is 2. The zero-order valence-corrected chi connectivity index (χ0v) is 13.2. The Morgan fingerprint density at radius 1 is 1.23 bits per heavy atom. The fraction of sp³-hybridized carbons (Fsp3) is 0.714. The summed E-state index contributed by atoms with van der Waals surface area (Å²) in [6, 6.07) is -1.12. The van der Waals surface area contributed by atoms with Gasteiger partial charge in [0.2, 0.25) is 0 Å². The minimum absolute atomic E-state index is 0.0164. The van der Waals surface area contributed by atoms with Gasteiger partial charge in [-0.3, -0.25) is 4.90 Å². The standard InChI is InChI=1S/C14H20F3NO4/c1-8-6-10(11(19)21-5)18(7-9(8)14(15,16)17)12(20)22-13(2,3)4/h10H,6-7H2,1-5H3. The summed E-state index contributed by atoms with van der Waals surface area (Å²) < 4.78 is 48.7. The maximum Gasteiger partial charge on any atom is 0.414 e. The molecular formula is C14H20F3NO4. The highest BCUT2D eigenvalue weighted by molar-refractivity contribution is 5.82. The van der Waals surface area contributed by atoms with Gasteiger partial charge in [-0.15, -0.1) is 0 Å². The van der Waals surface area contributed by atoms with E-state index in [4.69, 9.17) is 4.74 Å². The highest BCUT2D eigenvalue weighted by Gasteiger charge is 2.45. The lowest BCUT2D eigenvalue weighted by Gasteiger charge is -2.37. The fourth-order valence-electron chi connectivity index (χ4n) is 2.13. The molecule has 0 aromatic rings. The van der Waals surface area contributed by atoms with E-state index in [1.165, 1.54) is 6.92 Å². The average molecular weight is 323 g/mol. The van der Waals surface area contributed by atoms with Gasteiger partial charge < -0.3 is 9.47 Å². The first-order valence-electron chi connectivity index (χ1n) is 6.70. The van der Waals surface area contributed by atoms with Gasteiger partial charge in [0.05, 0.1) is 19.2 Å². The normalized spacial score (nSPS) is 20.0. The lowest BCUT2D eigenvalue weighted by Crippen LogP contribution is -2.52. The van der Waals surface area contributed by atoms with Crippen molar-refractivity contribution in [1.82, 2.24) is 4.90 Å². The van der Waals surface area contributed by atoms with E-state index in [0.29, 0.717) is 0 Å². The first-order chi connectivity index (χ1) is 9.86. The Morgan fingerprint density at radius 2 is 1.77 bits per heavy atom. The van der Waals surface area contributed by atoms with Crippen LogP contribution >= 0.6 is 0 Å². The number of methoxy groups -OCH3 is 1. The molecule has 126 valence electrons. The molecule has 0 bridgehead atoms. The Kier molecular flexibility index (Phi) is 5.14. The lowest BCUT2D eigenvalue weighted by molar-refractivity contribution is -0.148. The second-order valence-corrected chi connectivity index (χ2v) is 6.11. The van der Waals surface area contributed by atoms with Crippen LogP contribution in [0.3, 0.4) is 0 Å². The Labute approximate surface area is 127 Å². The van der Waals surface area contributed by atoms with E-state index in [9.17, 15) is 22.8 Å². The number of esters is 1. The van der Waals surface area contributed by atoms with Crippen molar-refractivity contribution in [1.29, 1.82) is 0 Å². The summed E-state index contributed by atoms with van der Waals surface area (Å²) in [5, 5.41) is 0. The predicted molar refractivity (Wildman–Crippen MR) is 72.1 cm³/mol. The first-order valence-corrected chi connectivity index (χ1v) is 6.70. The number of nitrogens with zero attached hydrogens (tertiary/aromatic N) is 1. The molecule has 1 amide bonds. The van der Waals surface area contributed by atoms with Crippen molar-refractivity contribution < 1.29 is 32.2 Å². The van der Waals surface area contributed by atoms with Gasteiger partial charge in [0.25, 0.3) is 0 Å². The summed E-state index contributed by atoms with van der Waals surface area (Å²) in [7, 11) is 1.12. The Morgan fingerprint density at radius 3 is 2.18 bits per heavy atom. The quantitative estimate of drug-likeness (QED) is 0.550. The number of amides is 1. The number of alkyl halides is 3. The molecule has 0 aliphatic carbocycles. The number of rotatable bonds is 1. The van der Waals surface area contributed by atoms with Gasteiger partial charge in [0.1, 0.15) is 11.6 Å². The van der Waals surface area contributed by atoms with Gasteiger partial charge in [-0.05, 0) is 27.7 Å². The van der Waals surface area contributed by atoms with E-state index in [-0.39, 0.29) is 12.0 Å². The third-order valence-corrected chi connectivity index (χ3v) is 3.16. The van der Waals surface area contributed by atoms with E-state index < -0.39 is 42.0 Å². The summed E-state index contributed by atoms with van der Waals surface area (Å²) in [5.41, 5.74) is -1.70. The monoisotopic (exact) mass is 323 g/mol. The molecule has 0 spiro atoms. The molecule has 1 rings (SSSR count). The van der Waals surface area contributed by atoms with E-state index in [2.05, 4.69) is 4.74 Å². The number of carbonyl (C=O) groups excluding carboxylic acids is 2. The number of carbonyl (C=O) groups is 2. The second-order valence-electron chi connectivity index (χ2n) is 6.11. The van der Waals surface area contributed by atoms with Gasteiger partial charge in [-0.25, -0.2) is 9.59 Å². The van der Waals surface area contributed by atoms with Crippen LogP contribution < -0.4 is 0 Å². The third kappa shape index (κ3) is 4.38. The molecule has 22 heavy (non-hydrogen) atoms. The number of hydrogen-bond acceptors (Lipinski definition) is 4. The summed E-state index contributed by atoms with van der Waals surface area (Å²) in [6.07, 6.45) is -5.77. The zero-order valence-electron chi connectivity index (χ0n) is 13.2. The van der Waals surface area contributed by atoms with E-state index in [0.717, 1.165) is 12.0 Å². The molecule has 8 heteroatoms. The maximum absolute atomic E-state index is 13.0. The molecule has 1 aliphatic rings. The maximum atomic E-state index is 13.0. The van der Waals surface area contributed by atoms with Crippen molar-refractivity contribution in [3.63, 3.8) is 0 Å². The highest BCUT2D eigenvalue weighted by Crippen LogP contribution is 2.35. The minimum Gasteiger partial charge on any atom is -0.467 e. The summed E-state index contributed by atoms with van der Waals surface area (Å²) in [6.45, 7) is 5.34. The molecule has 0 saturated heterocycles. The minimum atomic E-state index is -4.56. The lowest BCUT2D eigenvalue weighted by atomic mass is 9.95. The van der Waals surface area contributed by atoms with Crippen LogP contribution in [-0.4, -0.2) is 48.4 Å². The van der Waals surface area contributed by atoms with Crippen LogP contribution in [0.15, 0.2) is 11.1 Å². The smallest absolute Gasteiger partial charge is 0.414 e. The van der Waals surface area contributed by atoms with Gasteiger partial charge in [-0.1, -0.05) is 5.57 Å². The van der Waals surface area contributed by atoms with Crippen molar-refractivity contribution >= 4 is 12.1 Å². The topological polar surface area (TPSA) is 55.8 Å². The van der Waals surface area contributed by atoms with Crippen LogP contribution in [0, 0.1) is 0 Å². The Hall–Kier alpha value is -1.73. The molecule has 1 heterocycles. The molecule has 1 aliphatic heterocycles. The van der Waals surface area contributed by atoms with E-state index in [1.807, 2.05) is 0 Å². The van der Waals surface area contributed by atoms with Crippen LogP contribution in [-0.2, 0) is 14.3 Å². The van der Waals surface area contributed by atoms with Gasteiger partial charge in [-0.2, -0.15) is 13.2 Å². The first kappa shape index (κ1) is 18.3. The molecule has 1 atom stereocenters. The van der Waals surface area contributed by atoms with Crippen LogP contribution in [0.25, 0.3) is 0 Å². The van der Waals surface area contributed by atoms with Crippen LogP contribution in [0.1, 0.15) is 34.1 Å². The highest BCUT2D eigenvalue weighted by atomic mass is 19.4. The SMILES string of the molecule is COC(=O)C1CC(C)=C(C(F)(F)F)CN1C(=O)OC(C)(C)C. The summed E-state index contributed by atoms with van der Waals surface area (Å²) in [4.78, 5) is 24.7. The number of halogens is 3. The summed E-state index contributed by atoms with van der Waals surface area (Å²) >= 11 is 0. The molecule has 0 N–H and O–H groups in total.